The number of nitrogens with one attached hydrogen (secondary N) is 1. The molecule has 0 spiro atoms. The van der Waals surface area contributed by atoms with Crippen molar-refractivity contribution in [1.82, 2.24) is 5.32 Å². The Bertz CT molecular complexity index is 261. The van der Waals surface area contributed by atoms with E-state index in [0.29, 0.717) is 0 Å². The Labute approximate surface area is 114 Å². The summed E-state index contributed by atoms with van der Waals surface area (Å²) < 4.78 is 6.47. The van der Waals surface area contributed by atoms with Crippen molar-refractivity contribution in [2.45, 2.75) is 90.9 Å². The Balaban J connectivity index is 2.74. The summed E-state index contributed by atoms with van der Waals surface area (Å²) in [4.78, 5) is 0. The molecular formula is C16H33NO. The largest absolute Gasteiger partial charge is 0.368 e. The molecule has 0 amide bonds. The Kier molecular flexibility index (Phi) is 4.88. The van der Waals surface area contributed by atoms with E-state index in [1.54, 1.807) is 0 Å². The topological polar surface area (TPSA) is 21.3 Å². The van der Waals surface area contributed by atoms with Crippen LogP contribution in [0.4, 0.5) is 0 Å². The maximum Gasteiger partial charge on any atom is 0.0816 e. The highest BCUT2D eigenvalue weighted by Gasteiger charge is 2.39. The highest BCUT2D eigenvalue weighted by Crippen LogP contribution is 2.37. The number of ether oxygens (including phenoxy) is 1. The molecule has 1 N–H and O–H groups in total. The van der Waals surface area contributed by atoms with E-state index in [4.69, 9.17) is 4.74 Å². The smallest absolute Gasteiger partial charge is 0.0816 e. The molecule has 108 valence electrons. The van der Waals surface area contributed by atoms with Gasteiger partial charge in [-0.2, -0.15) is 0 Å². The van der Waals surface area contributed by atoms with Crippen molar-refractivity contribution in [3.8, 4) is 0 Å². The normalized spacial score (nSPS) is 30.5. The summed E-state index contributed by atoms with van der Waals surface area (Å²) in [5.41, 5.74) is 0.134. The summed E-state index contributed by atoms with van der Waals surface area (Å²) in [7, 11) is 0. The van der Waals surface area contributed by atoms with Gasteiger partial charge >= 0.3 is 0 Å². The van der Waals surface area contributed by atoms with Crippen LogP contribution >= 0.6 is 0 Å². The molecule has 1 aliphatic carbocycles. The van der Waals surface area contributed by atoms with Gasteiger partial charge in [0.05, 0.1) is 11.2 Å². The van der Waals surface area contributed by atoms with Gasteiger partial charge in [-0.3, -0.25) is 0 Å². The van der Waals surface area contributed by atoms with Crippen LogP contribution in [-0.2, 0) is 4.74 Å². The molecule has 1 rings (SSSR count). The van der Waals surface area contributed by atoms with Crippen molar-refractivity contribution in [1.29, 1.82) is 0 Å². The maximum atomic E-state index is 6.47. The molecule has 1 fully saturated rings. The number of hydrogen-bond donors (Lipinski definition) is 1. The van der Waals surface area contributed by atoms with Crippen molar-refractivity contribution < 1.29 is 4.74 Å². The fraction of sp³-hybridized carbons (Fsp3) is 1.00. The van der Waals surface area contributed by atoms with E-state index in [2.05, 4.69) is 53.8 Å². The standard InChI is InChI=1S/C16H33NO/c1-13-9-8-10-16(11-13,18-15(5,6)7)12-17-14(2,3)4/h13,17H,8-12H2,1-7H3. The lowest BCUT2D eigenvalue weighted by molar-refractivity contribution is -0.154. The van der Waals surface area contributed by atoms with E-state index in [0.717, 1.165) is 12.5 Å². The molecule has 1 saturated carbocycles. The van der Waals surface area contributed by atoms with E-state index in [1.807, 2.05) is 0 Å². The zero-order valence-electron chi connectivity index (χ0n) is 13.5. The van der Waals surface area contributed by atoms with Crippen LogP contribution < -0.4 is 5.32 Å². The quantitative estimate of drug-likeness (QED) is 0.818. The van der Waals surface area contributed by atoms with Gasteiger partial charge in [0.2, 0.25) is 0 Å². The molecule has 0 saturated heterocycles. The summed E-state index contributed by atoms with van der Waals surface area (Å²) in [5, 5.41) is 3.65. The van der Waals surface area contributed by atoms with Gasteiger partial charge in [-0.25, -0.2) is 0 Å². The van der Waals surface area contributed by atoms with Gasteiger partial charge in [-0.15, -0.1) is 0 Å². The lowest BCUT2D eigenvalue weighted by atomic mass is 9.78. The Hall–Kier alpha value is -0.0800. The highest BCUT2D eigenvalue weighted by molar-refractivity contribution is 4.92. The van der Waals surface area contributed by atoms with Crippen LogP contribution in [-0.4, -0.2) is 23.3 Å². The molecular weight excluding hydrogens is 222 g/mol. The fourth-order valence-corrected chi connectivity index (χ4v) is 2.98. The first-order valence-electron chi connectivity index (χ1n) is 7.47. The first-order chi connectivity index (χ1) is 8.02. The average Bonchev–Trinajstić information content (AvgIpc) is 2.11. The summed E-state index contributed by atoms with van der Waals surface area (Å²) in [6.07, 6.45) is 5.03. The van der Waals surface area contributed by atoms with Crippen molar-refractivity contribution in [2.24, 2.45) is 5.92 Å². The van der Waals surface area contributed by atoms with E-state index >= 15 is 0 Å². The molecule has 0 aromatic rings. The van der Waals surface area contributed by atoms with Gasteiger partial charge in [0.25, 0.3) is 0 Å². The molecule has 0 aromatic carbocycles. The number of hydrogen-bond acceptors (Lipinski definition) is 2. The van der Waals surface area contributed by atoms with E-state index in [1.165, 1.54) is 25.7 Å². The van der Waals surface area contributed by atoms with Gasteiger partial charge in [0, 0.05) is 12.1 Å². The molecule has 2 unspecified atom stereocenters. The Morgan fingerprint density at radius 1 is 1.17 bits per heavy atom. The van der Waals surface area contributed by atoms with Gasteiger partial charge < -0.3 is 10.1 Å². The average molecular weight is 255 g/mol. The van der Waals surface area contributed by atoms with Gasteiger partial charge in [-0.05, 0) is 60.3 Å². The van der Waals surface area contributed by atoms with Gasteiger partial charge in [0.15, 0.2) is 0 Å². The van der Waals surface area contributed by atoms with Crippen LogP contribution in [0.1, 0.15) is 74.1 Å². The molecule has 18 heavy (non-hydrogen) atoms. The molecule has 2 heteroatoms. The lowest BCUT2D eigenvalue weighted by Crippen LogP contribution is -2.53. The van der Waals surface area contributed by atoms with Crippen molar-refractivity contribution in [3.05, 3.63) is 0 Å². The third kappa shape index (κ3) is 5.71. The van der Waals surface area contributed by atoms with Crippen LogP contribution in [0.5, 0.6) is 0 Å². The second-order valence-corrected chi connectivity index (χ2v) is 8.20. The molecule has 0 radical (unpaired) electrons. The first kappa shape index (κ1) is 16.0. The predicted octanol–water partition coefficient (Wildman–Crippen LogP) is 4.14. The van der Waals surface area contributed by atoms with Gasteiger partial charge in [0.1, 0.15) is 0 Å². The minimum atomic E-state index is -0.0589. The van der Waals surface area contributed by atoms with Crippen LogP contribution in [0.2, 0.25) is 0 Å². The molecule has 0 aromatic heterocycles. The summed E-state index contributed by atoms with van der Waals surface area (Å²) in [5.74, 6) is 0.780. The lowest BCUT2D eigenvalue weighted by Gasteiger charge is -2.45. The Morgan fingerprint density at radius 3 is 2.22 bits per heavy atom. The molecule has 1 aliphatic rings. The second kappa shape index (κ2) is 5.50. The van der Waals surface area contributed by atoms with Crippen molar-refractivity contribution in [2.75, 3.05) is 6.54 Å². The van der Waals surface area contributed by atoms with Crippen molar-refractivity contribution >= 4 is 0 Å². The minimum Gasteiger partial charge on any atom is -0.368 e. The minimum absolute atomic E-state index is 0.0309. The van der Waals surface area contributed by atoms with Crippen molar-refractivity contribution in [3.63, 3.8) is 0 Å². The fourth-order valence-electron chi connectivity index (χ4n) is 2.98. The first-order valence-corrected chi connectivity index (χ1v) is 7.47. The molecule has 0 bridgehead atoms. The van der Waals surface area contributed by atoms with Gasteiger partial charge in [-0.1, -0.05) is 19.8 Å². The van der Waals surface area contributed by atoms with E-state index in [-0.39, 0.29) is 16.7 Å². The zero-order chi connectivity index (χ0) is 14.0. The van der Waals surface area contributed by atoms with Crippen LogP contribution in [0, 0.1) is 5.92 Å². The second-order valence-electron chi connectivity index (χ2n) is 8.20. The zero-order valence-corrected chi connectivity index (χ0v) is 13.5. The molecule has 0 heterocycles. The monoisotopic (exact) mass is 255 g/mol. The van der Waals surface area contributed by atoms with E-state index in [9.17, 15) is 0 Å². The maximum absolute atomic E-state index is 6.47. The van der Waals surface area contributed by atoms with Crippen LogP contribution in [0.25, 0.3) is 0 Å². The molecule has 0 aliphatic heterocycles. The van der Waals surface area contributed by atoms with E-state index < -0.39 is 0 Å². The molecule has 2 nitrogen and oxygen atoms in total. The number of rotatable bonds is 3. The highest BCUT2D eigenvalue weighted by atomic mass is 16.5. The summed E-state index contributed by atoms with van der Waals surface area (Å²) in [6.45, 7) is 16.5. The third-order valence-corrected chi connectivity index (χ3v) is 3.51. The van der Waals surface area contributed by atoms with Crippen LogP contribution in [0.3, 0.4) is 0 Å². The third-order valence-electron chi connectivity index (χ3n) is 3.51. The predicted molar refractivity (Wildman–Crippen MR) is 79.0 cm³/mol. The molecule has 2 atom stereocenters. The summed E-state index contributed by atoms with van der Waals surface area (Å²) >= 11 is 0. The van der Waals surface area contributed by atoms with Crippen LogP contribution in [0.15, 0.2) is 0 Å². The summed E-state index contributed by atoms with van der Waals surface area (Å²) in [6, 6.07) is 0. The SMILES string of the molecule is CC1CCCC(CNC(C)(C)C)(OC(C)(C)C)C1. The Morgan fingerprint density at radius 2 is 1.78 bits per heavy atom.